The van der Waals surface area contributed by atoms with Crippen molar-refractivity contribution in [1.82, 2.24) is 15.1 Å². The normalized spacial score (nSPS) is 18.7. The monoisotopic (exact) mass is 307 g/mol. The molecular weight excluding hydrogens is 282 g/mol. The lowest BCUT2D eigenvalue weighted by molar-refractivity contribution is -0.149. The largest absolute Gasteiger partial charge is 0.480 e. The van der Waals surface area contributed by atoms with Crippen LogP contribution in [-0.4, -0.2) is 32.3 Å². The van der Waals surface area contributed by atoms with Crippen LogP contribution < -0.4 is 5.32 Å². The van der Waals surface area contributed by atoms with Gasteiger partial charge in [-0.25, -0.2) is 4.79 Å². The summed E-state index contributed by atoms with van der Waals surface area (Å²) in [6.07, 6.45) is 3.99. The van der Waals surface area contributed by atoms with Crippen LogP contribution in [0.25, 0.3) is 0 Å². The minimum absolute atomic E-state index is 0.0943. The van der Waals surface area contributed by atoms with Crippen molar-refractivity contribution >= 4 is 11.9 Å². The number of nitrogens with zero attached hydrogens (tertiary/aromatic N) is 2. The standard InChI is InChI=1S/C16H25N3O3/c1-11-9-12(2)19(18-11)13(3)10-14(20)17-16(15(21)22)7-5-4-6-8-16/h9,13H,4-8,10H2,1-3H3,(H,17,20)(H,21,22). The zero-order chi connectivity index (χ0) is 16.3. The Morgan fingerprint density at radius 3 is 2.50 bits per heavy atom. The van der Waals surface area contributed by atoms with Gasteiger partial charge in [0.15, 0.2) is 0 Å². The highest BCUT2D eigenvalue weighted by atomic mass is 16.4. The Kier molecular flexibility index (Phi) is 4.88. The lowest BCUT2D eigenvalue weighted by Crippen LogP contribution is -2.55. The summed E-state index contributed by atoms with van der Waals surface area (Å²) in [5.41, 5.74) is 0.840. The van der Waals surface area contributed by atoms with Gasteiger partial charge in [0.05, 0.1) is 11.7 Å². The Bertz CT molecular complexity index is 559. The van der Waals surface area contributed by atoms with Crippen LogP contribution in [0.15, 0.2) is 6.07 Å². The van der Waals surface area contributed by atoms with Crippen LogP contribution in [0.2, 0.25) is 0 Å². The smallest absolute Gasteiger partial charge is 0.329 e. The molecule has 2 rings (SSSR count). The Hall–Kier alpha value is -1.85. The van der Waals surface area contributed by atoms with Crippen molar-refractivity contribution < 1.29 is 14.7 Å². The molecule has 1 amide bonds. The summed E-state index contributed by atoms with van der Waals surface area (Å²) in [6, 6.07) is 1.87. The van der Waals surface area contributed by atoms with Crippen molar-refractivity contribution in [1.29, 1.82) is 0 Å². The molecule has 1 heterocycles. The molecule has 22 heavy (non-hydrogen) atoms. The van der Waals surface area contributed by atoms with E-state index < -0.39 is 11.5 Å². The van der Waals surface area contributed by atoms with E-state index >= 15 is 0 Å². The van der Waals surface area contributed by atoms with Gasteiger partial charge in [-0.1, -0.05) is 19.3 Å². The van der Waals surface area contributed by atoms with Gasteiger partial charge in [-0.05, 0) is 39.7 Å². The van der Waals surface area contributed by atoms with Gasteiger partial charge in [0.2, 0.25) is 5.91 Å². The Labute approximate surface area is 130 Å². The summed E-state index contributed by atoms with van der Waals surface area (Å²) in [5, 5.41) is 16.7. The van der Waals surface area contributed by atoms with Crippen LogP contribution in [-0.2, 0) is 9.59 Å². The van der Waals surface area contributed by atoms with Crippen molar-refractivity contribution in [3.8, 4) is 0 Å². The van der Waals surface area contributed by atoms with Crippen LogP contribution >= 0.6 is 0 Å². The third-order valence-corrected chi connectivity index (χ3v) is 4.44. The summed E-state index contributed by atoms with van der Waals surface area (Å²) in [4.78, 5) is 23.9. The topological polar surface area (TPSA) is 84.2 Å². The lowest BCUT2D eigenvalue weighted by Gasteiger charge is -2.34. The van der Waals surface area contributed by atoms with Gasteiger partial charge in [0.1, 0.15) is 5.54 Å². The summed E-state index contributed by atoms with van der Waals surface area (Å²) in [6.45, 7) is 5.79. The molecular formula is C16H25N3O3. The highest BCUT2D eigenvalue weighted by Crippen LogP contribution is 2.29. The third-order valence-electron chi connectivity index (χ3n) is 4.44. The second kappa shape index (κ2) is 6.50. The highest BCUT2D eigenvalue weighted by molar-refractivity contribution is 5.87. The first kappa shape index (κ1) is 16.5. The predicted octanol–water partition coefficient (Wildman–Crippen LogP) is 2.35. The van der Waals surface area contributed by atoms with Crippen LogP contribution in [0, 0.1) is 13.8 Å². The van der Waals surface area contributed by atoms with Crippen molar-refractivity contribution in [2.24, 2.45) is 0 Å². The van der Waals surface area contributed by atoms with Gasteiger partial charge < -0.3 is 10.4 Å². The number of amides is 1. The van der Waals surface area contributed by atoms with Crippen LogP contribution in [0.1, 0.15) is 62.9 Å². The molecule has 1 aromatic rings. The molecule has 0 saturated heterocycles. The molecule has 2 N–H and O–H groups in total. The molecule has 1 unspecified atom stereocenters. The van der Waals surface area contributed by atoms with Crippen molar-refractivity contribution in [2.75, 3.05) is 0 Å². The van der Waals surface area contributed by atoms with E-state index in [2.05, 4.69) is 10.4 Å². The zero-order valence-electron chi connectivity index (χ0n) is 13.6. The number of carboxylic acid groups (broad SMARTS) is 1. The zero-order valence-corrected chi connectivity index (χ0v) is 13.6. The average molecular weight is 307 g/mol. The fourth-order valence-corrected chi connectivity index (χ4v) is 3.31. The van der Waals surface area contributed by atoms with E-state index in [9.17, 15) is 14.7 Å². The number of aromatic nitrogens is 2. The molecule has 1 aliphatic carbocycles. The maximum absolute atomic E-state index is 12.3. The SMILES string of the molecule is Cc1cc(C)n(C(C)CC(=O)NC2(C(=O)O)CCCCC2)n1. The van der Waals surface area contributed by atoms with Crippen LogP contribution in [0.5, 0.6) is 0 Å². The molecule has 0 bridgehead atoms. The molecule has 1 aliphatic rings. The summed E-state index contributed by atoms with van der Waals surface area (Å²) in [7, 11) is 0. The van der Waals surface area contributed by atoms with Crippen molar-refractivity contribution in [3.63, 3.8) is 0 Å². The number of aliphatic carboxylic acids is 1. The van der Waals surface area contributed by atoms with E-state index in [1.54, 1.807) is 0 Å². The van der Waals surface area contributed by atoms with Gasteiger partial charge in [0, 0.05) is 12.1 Å². The Balaban J connectivity index is 2.02. The molecule has 6 nitrogen and oxygen atoms in total. The number of carboxylic acids is 1. The first-order chi connectivity index (χ1) is 10.3. The lowest BCUT2D eigenvalue weighted by atomic mass is 9.81. The number of carbonyl (C=O) groups excluding carboxylic acids is 1. The molecule has 0 spiro atoms. The third kappa shape index (κ3) is 3.48. The van der Waals surface area contributed by atoms with E-state index in [4.69, 9.17) is 0 Å². The Morgan fingerprint density at radius 1 is 1.36 bits per heavy atom. The van der Waals surface area contributed by atoms with Gasteiger partial charge in [0.25, 0.3) is 0 Å². The number of hydrogen-bond donors (Lipinski definition) is 2. The maximum atomic E-state index is 12.3. The van der Waals surface area contributed by atoms with Crippen LogP contribution in [0.3, 0.4) is 0 Å². The minimum Gasteiger partial charge on any atom is -0.480 e. The van der Waals surface area contributed by atoms with E-state index in [1.165, 1.54) is 0 Å². The van der Waals surface area contributed by atoms with E-state index in [1.807, 2.05) is 31.5 Å². The maximum Gasteiger partial charge on any atom is 0.329 e. The molecule has 122 valence electrons. The predicted molar refractivity (Wildman–Crippen MR) is 82.6 cm³/mol. The molecule has 0 radical (unpaired) electrons. The number of carbonyl (C=O) groups is 2. The fourth-order valence-electron chi connectivity index (χ4n) is 3.31. The molecule has 1 atom stereocenters. The summed E-state index contributed by atoms with van der Waals surface area (Å²) in [5.74, 6) is -1.14. The molecule has 0 aliphatic heterocycles. The van der Waals surface area contributed by atoms with Gasteiger partial charge >= 0.3 is 5.97 Å². The van der Waals surface area contributed by atoms with Gasteiger partial charge in [-0.2, -0.15) is 5.10 Å². The molecule has 1 fully saturated rings. The molecule has 1 saturated carbocycles. The van der Waals surface area contributed by atoms with Crippen molar-refractivity contribution in [3.05, 3.63) is 17.5 Å². The molecule has 1 aromatic heterocycles. The van der Waals surface area contributed by atoms with Crippen molar-refractivity contribution in [2.45, 2.75) is 70.9 Å². The summed E-state index contributed by atoms with van der Waals surface area (Å²) >= 11 is 0. The van der Waals surface area contributed by atoms with Crippen LogP contribution in [0.4, 0.5) is 0 Å². The first-order valence-corrected chi connectivity index (χ1v) is 7.91. The Morgan fingerprint density at radius 2 is 2.00 bits per heavy atom. The second-order valence-electron chi connectivity index (χ2n) is 6.42. The molecule has 6 heteroatoms. The summed E-state index contributed by atoms with van der Waals surface area (Å²) < 4.78 is 1.82. The number of hydrogen-bond acceptors (Lipinski definition) is 3. The highest BCUT2D eigenvalue weighted by Gasteiger charge is 2.41. The molecule has 0 aromatic carbocycles. The number of nitrogens with one attached hydrogen (secondary N) is 1. The van der Waals surface area contributed by atoms with Gasteiger partial charge in [-0.15, -0.1) is 0 Å². The average Bonchev–Trinajstić information content (AvgIpc) is 2.78. The minimum atomic E-state index is -1.08. The second-order valence-corrected chi connectivity index (χ2v) is 6.42. The first-order valence-electron chi connectivity index (χ1n) is 7.91. The quantitative estimate of drug-likeness (QED) is 0.874. The van der Waals surface area contributed by atoms with Gasteiger partial charge in [-0.3, -0.25) is 9.48 Å². The van der Waals surface area contributed by atoms with E-state index in [0.29, 0.717) is 12.8 Å². The van der Waals surface area contributed by atoms with E-state index in [0.717, 1.165) is 30.7 Å². The van der Waals surface area contributed by atoms with E-state index in [-0.39, 0.29) is 18.4 Å². The number of aryl methyl sites for hydroxylation is 2. The number of rotatable bonds is 5. The fraction of sp³-hybridized carbons (Fsp3) is 0.688.